The van der Waals surface area contributed by atoms with E-state index in [2.05, 4.69) is 4.74 Å². The van der Waals surface area contributed by atoms with Gasteiger partial charge >= 0.3 is 5.97 Å². The van der Waals surface area contributed by atoms with Crippen LogP contribution < -0.4 is 0 Å². The number of benzene rings is 2. The molecule has 1 aliphatic rings. The molecule has 3 aromatic rings. The van der Waals surface area contributed by atoms with Crippen LogP contribution in [0.15, 0.2) is 59.6 Å². The zero-order chi connectivity index (χ0) is 20.6. The molecule has 0 atom stereocenters. The molecule has 1 aromatic heterocycles. The van der Waals surface area contributed by atoms with Gasteiger partial charge in [-0.3, -0.25) is 0 Å². The van der Waals surface area contributed by atoms with Crippen LogP contribution in [0.3, 0.4) is 0 Å². The molecule has 0 amide bonds. The van der Waals surface area contributed by atoms with Crippen LogP contribution in [0.25, 0.3) is 10.9 Å². The third kappa shape index (κ3) is 3.33. The highest BCUT2D eigenvalue weighted by Gasteiger charge is 2.36. The molecule has 0 radical (unpaired) electrons. The van der Waals surface area contributed by atoms with E-state index in [0.717, 1.165) is 0 Å². The lowest BCUT2D eigenvalue weighted by molar-refractivity contribution is -0.0670. The molecule has 0 unspecified atom stereocenters. The van der Waals surface area contributed by atoms with Crippen molar-refractivity contribution in [1.29, 1.82) is 0 Å². The number of carbonyl (C=O) groups is 1. The Morgan fingerprint density at radius 1 is 1.10 bits per heavy atom. The van der Waals surface area contributed by atoms with Crippen LogP contribution in [0.4, 0.5) is 0 Å². The predicted molar refractivity (Wildman–Crippen MR) is 106 cm³/mol. The number of aromatic nitrogens is 1. The molecule has 0 bridgehead atoms. The van der Waals surface area contributed by atoms with Gasteiger partial charge in [-0.05, 0) is 30.3 Å². The predicted octanol–water partition coefficient (Wildman–Crippen LogP) is 2.66. The van der Waals surface area contributed by atoms with Crippen LogP contribution in [0, 0.1) is 0 Å². The van der Waals surface area contributed by atoms with Crippen LogP contribution >= 0.6 is 0 Å². The van der Waals surface area contributed by atoms with E-state index >= 15 is 0 Å². The lowest BCUT2D eigenvalue weighted by Crippen LogP contribution is -2.33. The Morgan fingerprint density at radius 3 is 2.41 bits per heavy atom. The fourth-order valence-electron chi connectivity index (χ4n) is 3.69. The summed E-state index contributed by atoms with van der Waals surface area (Å²) in [6, 6.07) is 12.7. The molecule has 8 heteroatoms. The van der Waals surface area contributed by atoms with E-state index in [0.29, 0.717) is 42.5 Å². The van der Waals surface area contributed by atoms with Gasteiger partial charge in [0, 0.05) is 43.2 Å². The molecule has 1 saturated heterocycles. The van der Waals surface area contributed by atoms with E-state index in [1.165, 1.54) is 41.5 Å². The van der Waals surface area contributed by atoms with Crippen molar-refractivity contribution >= 4 is 26.9 Å². The minimum atomic E-state index is -3.94. The summed E-state index contributed by atoms with van der Waals surface area (Å²) in [6.45, 7) is 0.829. The number of aliphatic hydroxyl groups is 1. The number of methoxy groups -OCH3 is 1. The van der Waals surface area contributed by atoms with E-state index in [9.17, 15) is 18.3 Å². The first-order valence-electron chi connectivity index (χ1n) is 9.21. The second-order valence-electron chi connectivity index (χ2n) is 7.02. The molecule has 2 aromatic carbocycles. The van der Waals surface area contributed by atoms with E-state index in [1.54, 1.807) is 12.1 Å². The van der Waals surface area contributed by atoms with E-state index < -0.39 is 21.6 Å². The van der Waals surface area contributed by atoms with Crippen LogP contribution in [0.2, 0.25) is 0 Å². The molecular formula is C21H21NO6S. The number of para-hydroxylation sites is 1. The third-order valence-corrected chi connectivity index (χ3v) is 7.02. The maximum Gasteiger partial charge on any atom is 0.337 e. The van der Waals surface area contributed by atoms with Gasteiger partial charge < -0.3 is 14.6 Å². The van der Waals surface area contributed by atoms with Gasteiger partial charge in [0.15, 0.2) is 0 Å². The fraction of sp³-hybridized carbons (Fsp3) is 0.286. The number of hydrogen-bond acceptors (Lipinski definition) is 6. The van der Waals surface area contributed by atoms with E-state index in [1.807, 2.05) is 12.1 Å². The molecule has 0 saturated carbocycles. The number of rotatable bonds is 4. The highest BCUT2D eigenvalue weighted by Crippen LogP contribution is 2.38. The minimum Gasteiger partial charge on any atom is -0.465 e. The van der Waals surface area contributed by atoms with Gasteiger partial charge in [0.1, 0.15) is 0 Å². The lowest BCUT2D eigenvalue weighted by atomic mass is 9.86. The zero-order valence-electron chi connectivity index (χ0n) is 15.9. The van der Waals surface area contributed by atoms with Crippen molar-refractivity contribution in [2.75, 3.05) is 20.3 Å². The Labute approximate surface area is 168 Å². The molecule has 1 N–H and O–H groups in total. The van der Waals surface area contributed by atoms with Gasteiger partial charge in [0.25, 0.3) is 10.0 Å². The van der Waals surface area contributed by atoms with Crippen molar-refractivity contribution in [3.8, 4) is 0 Å². The normalized spacial score (nSPS) is 16.6. The topological polar surface area (TPSA) is 94.8 Å². The first-order valence-corrected chi connectivity index (χ1v) is 10.7. The maximum atomic E-state index is 13.3. The van der Waals surface area contributed by atoms with Crippen molar-refractivity contribution in [1.82, 2.24) is 3.97 Å². The molecule has 152 valence electrons. The number of fused-ring (bicyclic) bond motifs is 1. The second kappa shape index (κ2) is 7.29. The number of hydrogen-bond donors (Lipinski definition) is 1. The Hall–Kier alpha value is -2.68. The number of nitrogens with zero attached hydrogens (tertiary/aromatic N) is 1. The van der Waals surface area contributed by atoms with Crippen molar-refractivity contribution in [3.63, 3.8) is 0 Å². The van der Waals surface area contributed by atoms with Crippen molar-refractivity contribution in [3.05, 3.63) is 65.9 Å². The summed E-state index contributed by atoms with van der Waals surface area (Å²) < 4.78 is 37.9. The molecule has 1 aliphatic heterocycles. The van der Waals surface area contributed by atoms with Gasteiger partial charge in [-0.2, -0.15) is 0 Å². The molecule has 0 spiro atoms. The summed E-state index contributed by atoms with van der Waals surface area (Å²) in [5, 5.41) is 11.9. The summed E-state index contributed by atoms with van der Waals surface area (Å²) in [4.78, 5) is 11.7. The number of carbonyl (C=O) groups excluding carboxylic acids is 1. The zero-order valence-corrected chi connectivity index (χ0v) is 16.7. The monoisotopic (exact) mass is 415 g/mol. The second-order valence-corrected chi connectivity index (χ2v) is 8.84. The number of ether oxygens (including phenoxy) is 2. The maximum absolute atomic E-state index is 13.3. The van der Waals surface area contributed by atoms with E-state index in [-0.39, 0.29) is 10.5 Å². The molecule has 0 aliphatic carbocycles. The summed E-state index contributed by atoms with van der Waals surface area (Å²) >= 11 is 0. The SMILES string of the molecule is COC(=O)c1ccc(S(=O)(=O)n2cc(C3(O)CCOCC3)c3ccccc32)cc1. The van der Waals surface area contributed by atoms with E-state index in [4.69, 9.17) is 4.74 Å². The van der Waals surface area contributed by atoms with Gasteiger partial charge in [-0.1, -0.05) is 18.2 Å². The van der Waals surface area contributed by atoms with Crippen molar-refractivity contribution < 1.29 is 27.8 Å². The van der Waals surface area contributed by atoms with Crippen LogP contribution in [0.1, 0.15) is 28.8 Å². The van der Waals surface area contributed by atoms with Gasteiger partial charge in [0.2, 0.25) is 0 Å². The van der Waals surface area contributed by atoms with Crippen molar-refractivity contribution in [2.45, 2.75) is 23.3 Å². The molecule has 29 heavy (non-hydrogen) atoms. The minimum absolute atomic E-state index is 0.0384. The fourth-order valence-corrected chi connectivity index (χ4v) is 5.06. The van der Waals surface area contributed by atoms with Gasteiger partial charge in [0.05, 0.1) is 28.7 Å². The summed E-state index contributed by atoms with van der Waals surface area (Å²) in [6.07, 6.45) is 2.29. The standard InChI is InChI=1S/C21H21NO6S/c1-27-20(23)15-6-8-16(9-7-15)29(25,26)22-14-18(17-4-2-3-5-19(17)22)21(24)10-12-28-13-11-21/h2-9,14,24H,10-13H2,1H3. The highest BCUT2D eigenvalue weighted by molar-refractivity contribution is 7.90. The Kier molecular flexibility index (Phi) is 4.94. The smallest absolute Gasteiger partial charge is 0.337 e. The summed E-state index contributed by atoms with van der Waals surface area (Å²) in [7, 11) is -2.67. The summed E-state index contributed by atoms with van der Waals surface area (Å²) in [5.41, 5.74) is 0.180. The Morgan fingerprint density at radius 2 is 1.76 bits per heavy atom. The first-order chi connectivity index (χ1) is 13.9. The molecule has 4 rings (SSSR count). The molecule has 2 heterocycles. The quantitative estimate of drug-likeness (QED) is 0.659. The highest BCUT2D eigenvalue weighted by atomic mass is 32.2. The van der Waals surface area contributed by atoms with Crippen molar-refractivity contribution in [2.24, 2.45) is 0 Å². The largest absolute Gasteiger partial charge is 0.465 e. The summed E-state index contributed by atoms with van der Waals surface area (Å²) in [5.74, 6) is -0.538. The van der Waals surface area contributed by atoms with Gasteiger partial charge in [-0.15, -0.1) is 0 Å². The average molecular weight is 415 g/mol. The third-order valence-electron chi connectivity index (χ3n) is 5.33. The number of esters is 1. The van der Waals surface area contributed by atoms with Crippen LogP contribution in [0.5, 0.6) is 0 Å². The Balaban J connectivity index is 1.84. The first kappa shape index (κ1) is 19.6. The Bertz CT molecular complexity index is 1160. The van der Waals surface area contributed by atoms with Gasteiger partial charge in [-0.25, -0.2) is 17.2 Å². The van der Waals surface area contributed by atoms with Crippen LogP contribution in [-0.4, -0.2) is 43.8 Å². The van der Waals surface area contributed by atoms with Crippen LogP contribution in [-0.2, 0) is 25.1 Å². The molecule has 1 fully saturated rings. The average Bonchev–Trinajstić information content (AvgIpc) is 3.15. The molecular weight excluding hydrogens is 394 g/mol. The molecule has 7 nitrogen and oxygen atoms in total. The lowest BCUT2D eigenvalue weighted by Gasteiger charge is -2.31.